The van der Waals surface area contributed by atoms with E-state index in [1.54, 1.807) is 0 Å². The van der Waals surface area contributed by atoms with Gasteiger partial charge in [0.25, 0.3) is 0 Å². The molecule has 0 heteroatoms. The summed E-state index contributed by atoms with van der Waals surface area (Å²) >= 11 is 0. The Balaban J connectivity index is 1.64. The molecule has 18 heavy (non-hydrogen) atoms. The Morgan fingerprint density at radius 2 is 1.33 bits per heavy atom. The van der Waals surface area contributed by atoms with E-state index in [0.29, 0.717) is 23.7 Å². The van der Waals surface area contributed by atoms with E-state index in [9.17, 15) is 0 Å². The zero-order valence-electron chi connectivity index (χ0n) is 10.5. The third-order valence-corrected chi connectivity index (χ3v) is 3.95. The van der Waals surface area contributed by atoms with Crippen LogP contribution in [-0.4, -0.2) is 0 Å². The van der Waals surface area contributed by atoms with Gasteiger partial charge in [-0.2, -0.15) is 0 Å². The first-order valence-corrected chi connectivity index (χ1v) is 6.82. The summed E-state index contributed by atoms with van der Waals surface area (Å²) in [6.07, 6.45) is 30.5. The second-order valence-corrected chi connectivity index (χ2v) is 5.18. The molecule has 0 aromatic rings. The van der Waals surface area contributed by atoms with Gasteiger partial charge in [0.2, 0.25) is 0 Å². The van der Waals surface area contributed by atoms with Gasteiger partial charge in [0.1, 0.15) is 0 Å². The van der Waals surface area contributed by atoms with Crippen LogP contribution in [-0.2, 0) is 0 Å². The zero-order chi connectivity index (χ0) is 12.2. The van der Waals surface area contributed by atoms with Gasteiger partial charge in [-0.3, -0.25) is 0 Å². The van der Waals surface area contributed by atoms with Crippen molar-refractivity contribution >= 4 is 0 Å². The predicted molar refractivity (Wildman–Crippen MR) is 77.7 cm³/mol. The summed E-state index contributed by atoms with van der Waals surface area (Å²) in [7, 11) is 0. The molecule has 3 aliphatic rings. The van der Waals surface area contributed by atoms with E-state index in [1.165, 1.54) is 6.42 Å². The SMILES string of the molecule is C1=CCC(C2C=CC(C3C=C[CH+]C=C3)C=C2)C=C1. The van der Waals surface area contributed by atoms with Crippen LogP contribution >= 0.6 is 0 Å². The molecule has 0 N–H and O–H groups in total. The highest BCUT2D eigenvalue weighted by molar-refractivity contribution is 5.27. The Morgan fingerprint density at radius 3 is 2.00 bits per heavy atom. The molecule has 3 rings (SSSR count). The van der Waals surface area contributed by atoms with Crippen LogP contribution in [0.5, 0.6) is 0 Å². The smallest absolute Gasteiger partial charge is 0.0839 e. The average Bonchev–Trinajstić information content (AvgIpc) is 2.49. The van der Waals surface area contributed by atoms with Gasteiger partial charge in [0.15, 0.2) is 0 Å². The van der Waals surface area contributed by atoms with Crippen LogP contribution in [0.15, 0.2) is 72.9 Å². The molecular formula is C18H19+. The Hall–Kier alpha value is -1.69. The minimum Gasteiger partial charge on any atom is -0.0839 e. The predicted octanol–water partition coefficient (Wildman–Crippen LogP) is 4.42. The number of hydrogen-bond acceptors (Lipinski definition) is 0. The van der Waals surface area contributed by atoms with Crippen molar-refractivity contribution in [3.63, 3.8) is 0 Å². The Bertz CT molecular complexity index is 430. The third kappa shape index (κ3) is 2.43. The van der Waals surface area contributed by atoms with E-state index >= 15 is 0 Å². The van der Waals surface area contributed by atoms with Gasteiger partial charge >= 0.3 is 0 Å². The van der Waals surface area contributed by atoms with Crippen LogP contribution in [0, 0.1) is 30.1 Å². The topological polar surface area (TPSA) is 0 Å². The molecule has 0 saturated heterocycles. The Labute approximate surface area is 110 Å². The van der Waals surface area contributed by atoms with Gasteiger partial charge in [-0.05, 0) is 12.3 Å². The number of hydrogen-bond donors (Lipinski definition) is 0. The Morgan fingerprint density at radius 1 is 0.667 bits per heavy atom. The maximum Gasteiger partial charge on any atom is 0.0924 e. The van der Waals surface area contributed by atoms with Crippen molar-refractivity contribution in [3.05, 3.63) is 79.3 Å². The summed E-state index contributed by atoms with van der Waals surface area (Å²) in [5.41, 5.74) is 0. The zero-order valence-corrected chi connectivity index (χ0v) is 10.5. The molecule has 0 aromatic carbocycles. The minimum atomic E-state index is 0.533. The van der Waals surface area contributed by atoms with Gasteiger partial charge in [-0.1, -0.05) is 48.6 Å². The second-order valence-electron chi connectivity index (χ2n) is 5.18. The van der Waals surface area contributed by atoms with Crippen molar-refractivity contribution in [1.82, 2.24) is 0 Å². The summed E-state index contributed by atoms with van der Waals surface area (Å²) in [6.45, 7) is 0. The highest BCUT2D eigenvalue weighted by Gasteiger charge is 2.23. The van der Waals surface area contributed by atoms with Gasteiger partial charge in [0.05, 0.1) is 5.92 Å². The maximum atomic E-state index is 2.39. The molecule has 0 saturated carbocycles. The van der Waals surface area contributed by atoms with Crippen molar-refractivity contribution in [2.24, 2.45) is 23.7 Å². The van der Waals surface area contributed by atoms with Crippen molar-refractivity contribution in [3.8, 4) is 0 Å². The van der Waals surface area contributed by atoms with Crippen molar-refractivity contribution in [1.29, 1.82) is 0 Å². The maximum absolute atomic E-state index is 2.39. The first kappa shape index (κ1) is 11.4. The van der Waals surface area contributed by atoms with E-state index in [0.717, 1.165) is 0 Å². The minimum absolute atomic E-state index is 0.533. The van der Waals surface area contributed by atoms with E-state index in [4.69, 9.17) is 0 Å². The summed E-state index contributed by atoms with van der Waals surface area (Å²) < 4.78 is 0. The van der Waals surface area contributed by atoms with Crippen LogP contribution in [0.4, 0.5) is 0 Å². The Kier molecular flexibility index (Phi) is 3.36. The van der Waals surface area contributed by atoms with Crippen molar-refractivity contribution in [2.45, 2.75) is 6.42 Å². The fourth-order valence-corrected chi connectivity index (χ4v) is 2.84. The molecule has 0 heterocycles. The van der Waals surface area contributed by atoms with Crippen LogP contribution in [0.1, 0.15) is 6.42 Å². The van der Waals surface area contributed by atoms with E-state index in [1.807, 2.05) is 0 Å². The summed E-state index contributed by atoms with van der Waals surface area (Å²) in [4.78, 5) is 0. The summed E-state index contributed by atoms with van der Waals surface area (Å²) in [5, 5.41) is 0. The molecule has 0 spiro atoms. The molecule has 0 radical (unpaired) electrons. The molecule has 0 amide bonds. The van der Waals surface area contributed by atoms with E-state index < -0.39 is 0 Å². The first-order chi connectivity index (χ1) is 8.93. The lowest BCUT2D eigenvalue weighted by atomic mass is 9.79. The average molecular weight is 235 g/mol. The fourth-order valence-electron chi connectivity index (χ4n) is 2.84. The lowest BCUT2D eigenvalue weighted by Gasteiger charge is -2.24. The third-order valence-electron chi connectivity index (χ3n) is 3.95. The summed E-state index contributed by atoms with van der Waals surface area (Å²) in [6, 6.07) is 0. The molecular weight excluding hydrogens is 216 g/mol. The molecule has 90 valence electrons. The first-order valence-electron chi connectivity index (χ1n) is 6.82. The van der Waals surface area contributed by atoms with Crippen LogP contribution < -0.4 is 0 Å². The van der Waals surface area contributed by atoms with E-state index in [-0.39, 0.29) is 0 Å². The molecule has 3 aliphatic carbocycles. The van der Waals surface area contributed by atoms with Gasteiger partial charge in [-0.25, -0.2) is 0 Å². The van der Waals surface area contributed by atoms with Crippen LogP contribution in [0.3, 0.4) is 0 Å². The number of rotatable bonds is 2. The molecule has 1 unspecified atom stereocenters. The highest BCUT2D eigenvalue weighted by Crippen LogP contribution is 2.31. The molecule has 0 aliphatic heterocycles. The molecule has 1 atom stereocenters. The van der Waals surface area contributed by atoms with Gasteiger partial charge < -0.3 is 0 Å². The monoisotopic (exact) mass is 235 g/mol. The summed E-state index contributed by atoms with van der Waals surface area (Å²) in [5.74, 6) is 2.29. The highest BCUT2D eigenvalue weighted by atomic mass is 14.2. The molecule has 0 fully saturated rings. The molecule has 0 bridgehead atoms. The second kappa shape index (κ2) is 5.30. The quantitative estimate of drug-likeness (QED) is 0.491. The van der Waals surface area contributed by atoms with Crippen LogP contribution in [0.2, 0.25) is 0 Å². The van der Waals surface area contributed by atoms with Crippen molar-refractivity contribution < 1.29 is 0 Å². The van der Waals surface area contributed by atoms with Crippen molar-refractivity contribution in [2.75, 3.05) is 0 Å². The lowest BCUT2D eigenvalue weighted by Crippen LogP contribution is -2.15. The standard InChI is InChI=1S/C18H19/c1-3-7-15(8-4-1)17-11-13-18(14-12-17)16-9-5-2-6-10-16/h1-9,11-18H,10H2/q+1. The normalized spacial score (nSPS) is 33.9. The fraction of sp³-hybridized carbons (Fsp3) is 0.278. The molecule has 0 nitrogen and oxygen atoms in total. The van der Waals surface area contributed by atoms with Gasteiger partial charge in [-0.15, -0.1) is 0 Å². The largest absolute Gasteiger partial charge is 0.0924 e. The van der Waals surface area contributed by atoms with Crippen LogP contribution in [0.25, 0.3) is 0 Å². The van der Waals surface area contributed by atoms with Gasteiger partial charge in [0, 0.05) is 42.6 Å². The lowest BCUT2D eigenvalue weighted by molar-refractivity contribution is 0.536. The van der Waals surface area contributed by atoms with E-state index in [2.05, 4.69) is 79.3 Å². The molecule has 0 aromatic heterocycles. The number of allylic oxidation sites excluding steroid dienone is 12.